The lowest BCUT2D eigenvalue weighted by Crippen LogP contribution is -2.07. The Balaban J connectivity index is 2.22. The second kappa shape index (κ2) is 2.15. The second-order valence-electron chi connectivity index (χ2n) is 3.23. The van der Waals surface area contributed by atoms with E-state index in [0.717, 1.165) is 12.5 Å². The van der Waals surface area contributed by atoms with Crippen LogP contribution in [0.4, 0.5) is 0 Å². The molecular formula is C9H13N. The molecule has 10 heavy (non-hydrogen) atoms. The summed E-state index contributed by atoms with van der Waals surface area (Å²) < 4.78 is 0. The summed E-state index contributed by atoms with van der Waals surface area (Å²) in [6, 6.07) is 0. The van der Waals surface area contributed by atoms with Crippen LogP contribution in [0.15, 0.2) is 23.4 Å². The van der Waals surface area contributed by atoms with Gasteiger partial charge in [0.1, 0.15) is 0 Å². The summed E-state index contributed by atoms with van der Waals surface area (Å²) in [4.78, 5) is 0. The molecule has 0 saturated carbocycles. The third-order valence-corrected chi connectivity index (χ3v) is 2.28. The van der Waals surface area contributed by atoms with Crippen LogP contribution in [0.1, 0.15) is 19.8 Å². The highest BCUT2D eigenvalue weighted by molar-refractivity contribution is 5.32. The van der Waals surface area contributed by atoms with E-state index in [1.165, 1.54) is 18.5 Å². The topological polar surface area (TPSA) is 12.0 Å². The first-order valence-corrected chi connectivity index (χ1v) is 4.00. The van der Waals surface area contributed by atoms with Crippen molar-refractivity contribution in [1.82, 2.24) is 5.32 Å². The van der Waals surface area contributed by atoms with Crippen LogP contribution in [0.2, 0.25) is 0 Å². The zero-order valence-corrected chi connectivity index (χ0v) is 6.35. The largest absolute Gasteiger partial charge is 0.385 e. The molecule has 0 aromatic rings. The van der Waals surface area contributed by atoms with Crippen molar-refractivity contribution in [3.05, 3.63) is 23.4 Å². The van der Waals surface area contributed by atoms with Gasteiger partial charge in [0, 0.05) is 12.2 Å². The van der Waals surface area contributed by atoms with E-state index in [9.17, 15) is 0 Å². The molecule has 0 saturated heterocycles. The summed E-state index contributed by atoms with van der Waals surface area (Å²) in [5.74, 6) is 0.763. The van der Waals surface area contributed by atoms with Crippen molar-refractivity contribution < 1.29 is 0 Å². The highest BCUT2D eigenvalue weighted by Crippen LogP contribution is 2.27. The van der Waals surface area contributed by atoms with E-state index in [-0.39, 0.29) is 0 Å². The molecular weight excluding hydrogens is 122 g/mol. The van der Waals surface area contributed by atoms with Crippen LogP contribution in [0, 0.1) is 5.92 Å². The Morgan fingerprint density at radius 3 is 3.40 bits per heavy atom. The Kier molecular flexibility index (Phi) is 1.30. The quantitative estimate of drug-likeness (QED) is 0.534. The van der Waals surface area contributed by atoms with Gasteiger partial charge in [-0.05, 0) is 30.4 Å². The smallest absolute Gasteiger partial charge is 0.0329 e. The molecule has 1 aliphatic carbocycles. The predicted octanol–water partition coefficient (Wildman–Crippen LogP) is 1.83. The number of hydrogen-bond acceptors (Lipinski definition) is 1. The fourth-order valence-corrected chi connectivity index (χ4v) is 1.71. The average molecular weight is 135 g/mol. The van der Waals surface area contributed by atoms with Crippen molar-refractivity contribution in [2.45, 2.75) is 19.8 Å². The highest BCUT2D eigenvalue weighted by atomic mass is 14.9. The molecule has 1 heteroatoms. The molecule has 0 bridgehead atoms. The zero-order valence-electron chi connectivity index (χ0n) is 6.35. The van der Waals surface area contributed by atoms with E-state index < -0.39 is 0 Å². The standard InChI is InChI=1S/C9H13N/c1-7-2-3-9-8(6-7)4-5-10-9/h2-3,7,10H,4-6H2,1H3. The minimum atomic E-state index is 0.763. The molecule has 54 valence electrons. The Labute approximate surface area is 61.8 Å². The molecule has 1 N–H and O–H groups in total. The summed E-state index contributed by atoms with van der Waals surface area (Å²) in [7, 11) is 0. The average Bonchev–Trinajstić information content (AvgIpc) is 2.33. The van der Waals surface area contributed by atoms with Gasteiger partial charge in [-0.2, -0.15) is 0 Å². The molecule has 0 radical (unpaired) electrons. The van der Waals surface area contributed by atoms with Gasteiger partial charge in [0.15, 0.2) is 0 Å². The predicted molar refractivity (Wildman–Crippen MR) is 42.6 cm³/mol. The van der Waals surface area contributed by atoms with Gasteiger partial charge in [-0.1, -0.05) is 13.0 Å². The van der Waals surface area contributed by atoms with Gasteiger partial charge in [-0.25, -0.2) is 0 Å². The lowest BCUT2D eigenvalue weighted by atomic mass is 9.94. The van der Waals surface area contributed by atoms with E-state index in [1.807, 2.05) is 0 Å². The maximum Gasteiger partial charge on any atom is 0.0329 e. The van der Waals surface area contributed by atoms with Crippen LogP contribution in [-0.2, 0) is 0 Å². The van der Waals surface area contributed by atoms with Crippen molar-refractivity contribution in [3.63, 3.8) is 0 Å². The molecule has 0 aromatic heterocycles. The minimum Gasteiger partial charge on any atom is -0.385 e. The van der Waals surface area contributed by atoms with E-state index in [0.29, 0.717) is 0 Å². The Hall–Kier alpha value is -0.720. The second-order valence-corrected chi connectivity index (χ2v) is 3.23. The molecule has 0 spiro atoms. The van der Waals surface area contributed by atoms with Crippen molar-refractivity contribution in [2.24, 2.45) is 5.92 Å². The third kappa shape index (κ3) is 0.859. The van der Waals surface area contributed by atoms with Crippen LogP contribution in [0.5, 0.6) is 0 Å². The van der Waals surface area contributed by atoms with Gasteiger partial charge < -0.3 is 5.32 Å². The molecule has 1 aliphatic heterocycles. The molecule has 1 unspecified atom stereocenters. The lowest BCUT2D eigenvalue weighted by Gasteiger charge is -2.13. The number of allylic oxidation sites excluding steroid dienone is 2. The van der Waals surface area contributed by atoms with Gasteiger partial charge in [0.2, 0.25) is 0 Å². The molecule has 0 fully saturated rings. The van der Waals surface area contributed by atoms with Crippen molar-refractivity contribution in [2.75, 3.05) is 6.54 Å². The van der Waals surface area contributed by atoms with Crippen LogP contribution in [0.25, 0.3) is 0 Å². The molecule has 0 amide bonds. The fraction of sp³-hybridized carbons (Fsp3) is 0.556. The molecule has 2 rings (SSSR count). The van der Waals surface area contributed by atoms with E-state index in [2.05, 4.69) is 24.4 Å². The van der Waals surface area contributed by atoms with E-state index >= 15 is 0 Å². The fourth-order valence-electron chi connectivity index (χ4n) is 1.71. The molecule has 1 heterocycles. The van der Waals surface area contributed by atoms with Crippen molar-refractivity contribution >= 4 is 0 Å². The van der Waals surface area contributed by atoms with Gasteiger partial charge in [0.05, 0.1) is 0 Å². The molecule has 1 nitrogen and oxygen atoms in total. The molecule has 1 atom stereocenters. The van der Waals surface area contributed by atoms with Gasteiger partial charge in [-0.15, -0.1) is 0 Å². The summed E-state index contributed by atoms with van der Waals surface area (Å²) in [6.45, 7) is 3.43. The zero-order chi connectivity index (χ0) is 6.97. The minimum absolute atomic E-state index is 0.763. The lowest BCUT2D eigenvalue weighted by molar-refractivity contribution is 0.692. The van der Waals surface area contributed by atoms with Crippen LogP contribution >= 0.6 is 0 Å². The molecule has 2 aliphatic rings. The van der Waals surface area contributed by atoms with Gasteiger partial charge in [-0.3, -0.25) is 0 Å². The maximum absolute atomic E-state index is 3.37. The summed E-state index contributed by atoms with van der Waals surface area (Å²) in [5, 5.41) is 3.37. The van der Waals surface area contributed by atoms with Gasteiger partial charge >= 0.3 is 0 Å². The highest BCUT2D eigenvalue weighted by Gasteiger charge is 2.16. The Morgan fingerprint density at radius 1 is 1.60 bits per heavy atom. The maximum atomic E-state index is 3.37. The van der Waals surface area contributed by atoms with Crippen molar-refractivity contribution in [3.8, 4) is 0 Å². The Bertz CT molecular complexity index is 201. The number of rotatable bonds is 0. The normalized spacial score (nSPS) is 30.3. The van der Waals surface area contributed by atoms with E-state index in [4.69, 9.17) is 0 Å². The third-order valence-electron chi connectivity index (χ3n) is 2.28. The van der Waals surface area contributed by atoms with Crippen molar-refractivity contribution in [1.29, 1.82) is 0 Å². The van der Waals surface area contributed by atoms with Gasteiger partial charge in [0.25, 0.3) is 0 Å². The summed E-state index contributed by atoms with van der Waals surface area (Å²) in [5.41, 5.74) is 3.04. The van der Waals surface area contributed by atoms with Crippen LogP contribution < -0.4 is 5.32 Å². The summed E-state index contributed by atoms with van der Waals surface area (Å²) in [6.07, 6.45) is 7.07. The first kappa shape index (κ1) is 6.02. The Morgan fingerprint density at radius 2 is 2.50 bits per heavy atom. The first-order chi connectivity index (χ1) is 4.86. The first-order valence-electron chi connectivity index (χ1n) is 4.00. The van der Waals surface area contributed by atoms with Crippen LogP contribution in [0.3, 0.4) is 0 Å². The van der Waals surface area contributed by atoms with E-state index in [1.54, 1.807) is 5.57 Å². The number of nitrogens with one attached hydrogen (secondary N) is 1. The summed E-state index contributed by atoms with van der Waals surface area (Å²) >= 11 is 0. The van der Waals surface area contributed by atoms with Crippen LogP contribution in [-0.4, -0.2) is 6.54 Å². The number of hydrogen-bond donors (Lipinski definition) is 1. The SMILES string of the molecule is CC1C=CC2=C(CCN2)C1. The monoisotopic (exact) mass is 135 g/mol. The molecule has 0 aromatic carbocycles.